The molecule has 0 aliphatic carbocycles. The van der Waals surface area contributed by atoms with Crippen molar-refractivity contribution < 1.29 is 24.2 Å². The van der Waals surface area contributed by atoms with Gasteiger partial charge in [-0.05, 0) is 39.8 Å². The molecule has 35 heavy (non-hydrogen) atoms. The highest BCUT2D eigenvalue weighted by Crippen LogP contribution is 2.33. The molecule has 1 aromatic heterocycles. The summed E-state index contributed by atoms with van der Waals surface area (Å²) < 4.78 is 11.1. The molecule has 0 spiro atoms. The first kappa shape index (κ1) is 27.6. The molecule has 188 valence electrons. The highest BCUT2D eigenvalue weighted by atomic mass is 16.5. The van der Waals surface area contributed by atoms with E-state index in [2.05, 4.69) is 16.9 Å². The van der Waals surface area contributed by atoms with Crippen LogP contribution in [0.1, 0.15) is 43.2 Å². The van der Waals surface area contributed by atoms with Crippen molar-refractivity contribution in [2.24, 2.45) is 5.92 Å². The minimum atomic E-state index is -1.14. The fourth-order valence-corrected chi connectivity index (χ4v) is 3.50. The third-order valence-electron chi connectivity index (χ3n) is 5.49. The molecule has 2 rings (SSSR count). The van der Waals surface area contributed by atoms with E-state index in [0.717, 1.165) is 0 Å². The van der Waals surface area contributed by atoms with Crippen LogP contribution in [0.25, 0.3) is 10.9 Å². The maximum absolute atomic E-state index is 12.8. The number of hydrogen-bond acceptors (Lipinski definition) is 7. The second-order valence-corrected chi connectivity index (χ2v) is 8.86. The second kappa shape index (κ2) is 12.2. The van der Waals surface area contributed by atoms with E-state index in [-0.39, 0.29) is 36.1 Å². The van der Waals surface area contributed by atoms with E-state index in [1.165, 1.54) is 0 Å². The lowest BCUT2D eigenvalue weighted by Crippen LogP contribution is -2.47. The zero-order chi connectivity index (χ0) is 26.2. The number of aryl methyl sites for hydroxylation is 1. The van der Waals surface area contributed by atoms with Gasteiger partial charge < -0.3 is 25.6 Å². The minimum Gasteiger partial charge on any atom is -0.501 e. The van der Waals surface area contributed by atoms with E-state index in [9.17, 15) is 14.7 Å². The zero-order valence-electron chi connectivity index (χ0n) is 21.1. The van der Waals surface area contributed by atoms with E-state index < -0.39 is 11.5 Å². The maximum Gasteiger partial charge on any atom is 0.339 e. The molecule has 0 bridgehead atoms. The Hall–Kier alpha value is -3.65. The maximum atomic E-state index is 12.8. The van der Waals surface area contributed by atoms with Crippen LogP contribution in [-0.2, 0) is 9.53 Å². The Kier molecular flexibility index (Phi) is 9.59. The molecule has 2 aromatic rings. The average Bonchev–Trinajstić information content (AvgIpc) is 2.80. The number of fused-ring (bicyclic) bond motifs is 1. The van der Waals surface area contributed by atoms with Crippen LogP contribution < -0.4 is 15.8 Å². The Morgan fingerprint density at radius 3 is 2.66 bits per heavy atom. The smallest absolute Gasteiger partial charge is 0.339 e. The van der Waals surface area contributed by atoms with Crippen molar-refractivity contribution >= 4 is 28.3 Å². The first-order chi connectivity index (χ1) is 16.5. The van der Waals surface area contributed by atoms with E-state index >= 15 is 0 Å². The van der Waals surface area contributed by atoms with Crippen LogP contribution in [0.5, 0.6) is 5.75 Å². The van der Waals surface area contributed by atoms with Gasteiger partial charge in [-0.3, -0.25) is 9.78 Å². The number of ether oxygens (including phenoxy) is 2. The predicted molar refractivity (Wildman–Crippen MR) is 139 cm³/mol. The quantitative estimate of drug-likeness (QED) is 0.283. The first-order valence-corrected chi connectivity index (χ1v) is 11.3. The van der Waals surface area contributed by atoms with Crippen molar-refractivity contribution in [3.8, 4) is 5.75 Å². The fourth-order valence-electron chi connectivity index (χ4n) is 3.50. The first-order valence-electron chi connectivity index (χ1n) is 11.3. The van der Waals surface area contributed by atoms with Gasteiger partial charge in [0.2, 0.25) is 0 Å². The third-order valence-corrected chi connectivity index (χ3v) is 5.49. The van der Waals surface area contributed by atoms with Crippen molar-refractivity contribution in [1.82, 2.24) is 10.3 Å². The van der Waals surface area contributed by atoms with Crippen molar-refractivity contribution in [3.05, 3.63) is 66.1 Å². The summed E-state index contributed by atoms with van der Waals surface area (Å²) >= 11 is 0. The van der Waals surface area contributed by atoms with Crippen LogP contribution in [0.15, 0.2) is 54.8 Å². The number of Topliss-reactive ketones (excluding diaryl/α,β-unsaturated/α-hetero) is 1. The number of nitrogens with one attached hydrogen (secondary N) is 1. The molecule has 4 N–H and O–H groups in total. The number of aromatic carboxylic acids is 1. The number of carboxylic acids is 1. The van der Waals surface area contributed by atoms with Crippen molar-refractivity contribution in [3.63, 3.8) is 0 Å². The number of pyridine rings is 1. The fraction of sp³-hybridized carbons (Fsp3) is 0.370. The monoisotopic (exact) mass is 481 g/mol. The zero-order valence-corrected chi connectivity index (χ0v) is 21.1. The van der Waals surface area contributed by atoms with Crippen LogP contribution in [0, 0.1) is 12.8 Å². The number of ketones is 1. The van der Waals surface area contributed by atoms with Gasteiger partial charge >= 0.3 is 5.97 Å². The lowest BCUT2D eigenvalue weighted by molar-refractivity contribution is -0.119. The Bertz CT molecular complexity index is 1150. The highest BCUT2D eigenvalue weighted by Gasteiger charge is 2.23. The summed E-state index contributed by atoms with van der Waals surface area (Å²) in [7, 11) is 1.56. The van der Waals surface area contributed by atoms with Crippen molar-refractivity contribution in [2.45, 2.75) is 39.7 Å². The molecule has 8 nitrogen and oxygen atoms in total. The molecule has 0 saturated carbocycles. The van der Waals surface area contributed by atoms with E-state index in [1.54, 1.807) is 32.2 Å². The van der Waals surface area contributed by atoms with Gasteiger partial charge in [0.15, 0.2) is 5.78 Å². The molecule has 1 atom stereocenters. The van der Waals surface area contributed by atoms with Gasteiger partial charge in [0.05, 0.1) is 47.6 Å². The average molecular weight is 482 g/mol. The summed E-state index contributed by atoms with van der Waals surface area (Å²) in [4.78, 5) is 28.8. The molecule has 1 unspecified atom stereocenters. The largest absolute Gasteiger partial charge is 0.501 e. The second-order valence-electron chi connectivity index (χ2n) is 8.86. The van der Waals surface area contributed by atoms with Crippen LogP contribution >= 0.6 is 0 Å². The number of allylic oxidation sites excluding steroid dienone is 4. The van der Waals surface area contributed by atoms with Gasteiger partial charge in [0, 0.05) is 12.0 Å². The molecule has 0 radical (unpaired) electrons. The van der Waals surface area contributed by atoms with Gasteiger partial charge in [-0.2, -0.15) is 0 Å². The number of anilines is 1. The van der Waals surface area contributed by atoms with Crippen LogP contribution in [0.4, 0.5) is 5.69 Å². The van der Waals surface area contributed by atoms with E-state index in [1.807, 2.05) is 45.1 Å². The number of carbonyl (C=O) groups excluding carboxylic acids is 1. The lowest BCUT2D eigenvalue weighted by Gasteiger charge is -2.27. The number of aromatic nitrogens is 1. The molecular formula is C27H35N3O5. The minimum absolute atomic E-state index is 0.00985. The number of carboxylic acid groups (broad SMARTS) is 1. The van der Waals surface area contributed by atoms with Gasteiger partial charge in [0.25, 0.3) is 0 Å². The number of nitrogen functional groups attached to an aromatic ring is 1. The van der Waals surface area contributed by atoms with E-state index in [4.69, 9.17) is 15.2 Å². The summed E-state index contributed by atoms with van der Waals surface area (Å²) in [6.07, 6.45) is 7.93. The number of hydrogen-bond donors (Lipinski definition) is 3. The molecule has 0 fully saturated rings. The van der Waals surface area contributed by atoms with Crippen LogP contribution in [0.2, 0.25) is 0 Å². The summed E-state index contributed by atoms with van der Waals surface area (Å²) in [5.41, 5.74) is 6.63. The molecular weight excluding hydrogens is 446 g/mol. The summed E-state index contributed by atoms with van der Waals surface area (Å²) in [5.74, 6) is -0.435. The Labute approximate surface area is 206 Å². The summed E-state index contributed by atoms with van der Waals surface area (Å²) in [6.45, 7) is 11.5. The third kappa shape index (κ3) is 7.42. The lowest BCUT2D eigenvalue weighted by atomic mass is 10.0. The van der Waals surface area contributed by atoms with Gasteiger partial charge in [-0.25, -0.2) is 4.79 Å². The number of nitrogens with two attached hydrogens (primary N) is 1. The number of nitrogens with zero attached hydrogens (tertiary/aromatic N) is 1. The standard InChI is InChI=1S/C27H35N3O5/c1-7-10-19(12-8-11-17(2)34-6)21(31)15-29-27(4,5)16-35-22-14-9-13-20-24(22)25(28)23(26(32)33)18(3)30-20/h7-10,12-14,19,29H,2,11,15-16H2,1,3-6H3,(H2,28,30)(H,32,33)/b10-7-,12-8+. The normalized spacial score (nSPS) is 12.8. The topological polar surface area (TPSA) is 124 Å². The number of rotatable bonds is 13. The van der Waals surface area contributed by atoms with Gasteiger partial charge in [-0.1, -0.05) is 36.9 Å². The van der Waals surface area contributed by atoms with Crippen molar-refractivity contribution in [1.29, 1.82) is 0 Å². The molecule has 0 aliphatic rings. The molecule has 1 aromatic carbocycles. The van der Waals surface area contributed by atoms with Crippen LogP contribution in [0.3, 0.4) is 0 Å². The Morgan fingerprint density at radius 1 is 1.31 bits per heavy atom. The van der Waals surface area contributed by atoms with Crippen LogP contribution in [-0.4, -0.2) is 47.6 Å². The molecule has 1 heterocycles. The number of methoxy groups -OCH3 is 1. The molecule has 0 amide bonds. The number of benzene rings is 1. The molecule has 0 aliphatic heterocycles. The number of carbonyl (C=O) groups is 2. The predicted octanol–water partition coefficient (Wildman–Crippen LogP) is 4.44. The summed E-state index contributed by atoms with van der Waals surface area (Å²) in [5, 5.41) is 13.2. The summed E-state index contributed by atoms with van der Waals surface area (Å²) in [6, 6.07) is 5.26. The van der Waals surface area contributed by atoms with E-state index in [0.29, 0.717) is 34.5 Å². The SMILES string of the molecule is C=C(C/C=C/C(/C=C\C)C(=O)CNC(C)(C)COc1cccc2nc(C)c(C(=O)O)c(N)c12)OC. The van der Waals surface area contributed by atoms with Gasteiger partial charge in [0.1, 0.15) is 17.9 Å². The Balaban J connectivity index is 2.11. The molecule has 8 heteroatoms. The molecule has 0 saturated heterocycles. The van der Waals surface area contributed by atoms with Crippen molar-refractivity contribution in [2.75, 3.05) is 26.0 Å². The van der Waals surface area contributed by atoms with Gasteiger partial charge in [-0.15, -0.1) is 0 Å². The Morgan fingerprint density at radius 2 is 2.03 bits per heavy atom. The highest BCUT2D eigenvalue weighted by molar-refractivity contribution is 6.06.